The van der Waals surface area contributed by atoms with Gasteiger partial charge in [0.2, 0.25) is 0 Å². The molecule has 0 amide bonds. The van der Waals surface area contributed by atoms with Crippen LogP contribution in [0.5, 0.6) is 5.75 Å². The predicted octanol–water partition coefficient (Wildman–Crippen LogP) is 2.69. The minimum absolute atomic E-state index is 0.0228. The van der Waals surface area contributed by atoms with Crippen LogP contribution in [0.2, 0.25) is 0 Å². The molecule has 0 saturated heterocycles. The predicted molar refractivity (Wildman–Crippen MR) is 59.9 cm³/mol. The maximum atomic E-state index is 13.7. The van der Waals surface area contributed by atoms with E-state index in [1.807, 2.05) is 6.92 Å². The van der Waals surface area contributed by atoms with Gasteiger partial charge in [-0.05, 0) is 31.0 Å². The van der Waals surface area contributed by atoms with Gasteiger partial charge in [0.1, 0.15) is 5.82 Å². The molecule has 0 heterocycles. The van der Waals surface area contributed by atoms with Crippen LogP contribution in [-0.2, 0) is 0 Å². The highest BCUT2D eigenvalue weighted by molar-refractivity contribution is 5.33. The molecule has 1 atom stereocenters. The molecule has 90 valence electrons. The van der Waals surface area contributed by atoms with Crippen molar-refractivity contribution in [2.45, 2.75) is 19.3 Å². The van der Waals surface area contributed by atoms with Gasteiger partial charge in [-0.15, -0.1) is 0 Å². The van der Waals surface area contributed by atoms with E-state index in [1.165, 1.54) is 13.2 Å². The van der Waals surface area contributed by atoms with Gasteiger partial charge in [0.25, 0.3) is 0 Å². The van der Waals surface area contributed by atoms with Crippen LogP contribution < -0.4 is 10.1 Å². The maximum Gasteiger partial charge on any atom is 0.165 e. The first-order chi connectivity index (χ1) is 7.63. The zero-order valence-corrected chi connectivity index (χ0v) is 9.81. The number of hydrogen-bond acceptors (Lipinski definition) is 2. The summed E-state index contributed by atoms with van der Waals surface area (Å²) in [5, 5.41) is 2.97. The average Bonchev–Trinajstić information content (AvgIpc) is 2.28. The zero-order chi connectivity index (χ0) is 12.1. The molecule has 1 aromatic carbocycles. The average molecular weight is 229 g/mol. The molecular formula is C12H17F2NO. The van der Waals surface area contributed by atoms with Crippen LogP contribution in [-0.4, -0.2) is 20.7 Å². The fraction of sp³-hybridized carbons (Fsp3) is 0.500. The number of benzene rings is 1. The number of methoxy groups -OCH3 is 1. The van der Waals surface area contributed by atoms with Crippen molar-refractivity contribution in [2.24, 2.45) is 0 Å². The Hall–Kier alpha value is -1.16. The fourth-order valence-electron chi connectivity index (χ4n) is 1.73. The molecule has 16 heavy (non-hydrogen) atoms. The second-order valence-electron chi connectivity index (χ2n) is 3.67. The summed E-state index contributed by atoms with van der Waals surface area (Å²) < 4.78 is 31.9. The van der Waals surface area contributed by atoms with Crippen molar-refractivity contribution in [2.75, 3.05) is 20.7 Å². The number of ether oxygens (including phenoxy) is 1. The molecule has 0 aromatic heterocycles. The summed E-state index contributed by atoms with van der Waals surface area (Å²) in [4.78, 5) is 0. The number of nitrogens with one attached hydrogen (secondary N) is 1. The lowest BCUT2D eigenvalue weighted by molar-refractivity contribution is 0.380. The first-order valence-corrected chi connectivity index (χ1v) is 5.31. The molecule has 0 saturated carbocycles. The van der Waals surface area contributed by atoms with Crippen molar-refractivity contribution in [3.05, 3.63) is 29.3 Å². The van der Waals surface area contributed by atoms with Crippen molar-refractivity contribution < 1.29 is 13.5 Å². The molecule has 0 aliphatic heterocycles. The molecule has 0 bridgehead atoms. The Labute approximate surface area is 94.6 Å². The molecule has 1 N–H and O–H groups in total. The summed E-state index contributed by atoms with van der Waals surface area (Å²) in [6, 6.07) is 2.32. The van der Waals surface area contributed by atoms with Crippen molar-refractivity contribution in [1.29, 1.82) is 0 Å². The Morgan fingerprint density at radius 3 is 2.50 bits per heavy atom. The normalized spacial score (nSPS) is 12.6. The second-order valence-corrected chi connectivity index (χ2v) is 3.67. The van der Waals surface area contributed by atoms with Crippen LogP contribution in [0.15, 0.2) is 12.1 Å². The first kappa shape index (κ1) is 12.9. The fourth-order valence-corrected chi connectivity index (χ4v) is 1.73. The highest BCUT2D eigenvalue weighted by Gasteiger charge is 2.17. The standard InChI is InChI=1S/C12H17F2NO/c1-4-8(7-15-2)9-5-11(14)12(16-3)6-10(9)13/h5-6,8,15H,4,7H2,1-3H3. The van der Waals surface area contributed by atoms with Gasteiger partial charge in [0.05, 0.1) is 7.11 Å². The Bertz CT molecular complexity index is 355. The van der Waals surface area contributed by atoms with E-state index >= 15 is 0 Å². The SMILES string of the molecule is CCC(CNC)c1cc(F)c(OC)cc1F. The molecule has 0 spiro atoms. The monoisotopic (exact) mass is 229 g/mol. The smallest absolute Gasteiger partial charge is 0.165 e. The lowest BCUT2D eigenvalue weighted by Gasteiger charge is -2.16. The van der Waals surface area contributed by atoms with E-state index in [-0.39, 0.29) is 11.7 Å². The van der Waals surface area contributed by atoms with Crippen LogP contribution in [0.3, 0.4) is 0 Å². The minimum atomic E-state index is -0.520. The lowest BCUT2D eigenvalue weighted by Crippen LogP contribution is -2.18. The number of rotatable bonds is 5. The van der Waals surface area contributed by atoms with E-state index in [2.05, 4.69) is 5.32 Å². The van der Waals surface area contributed by atoms with Crippen molar-refractivity contribution in [3.8, 4) is 5.75 Å². The Kier molecular flexibility index (Phi) is 4.68. The van der Waals surface area contributed by atoms with Gasteiger partial charge in [-0.2, -0.15) is 0 Å². The van der Waals surface area contributed by atoms with Crippen LogP contribution in [0.1, 0.15) is 24.8 Å². The van der Waals surface area contributed by atoms with Crippen LogP contribution >= 0.6 is 0 Å². The van der Waals surface area contributed by atoms with Gasteiger partial charge >= 0.3 is 0 Å². The lowest BCUT2D eigenvalue weighted by atomic mass is 9.95. The summed E-state index contributed by atoms with van der Waals surface area (Å²) in [6.45, 7) is 2.57. The molecular weight excluding hydrogens is 212 g/mol. The molecule has 1 rings (SSSR count). The highest BCUT2D eigenvalue weighted by atomic mass is 19.1. The first-order valence-electron chi connectivity index (χ1n) is 5.31. The third-order valence-corrected chi connectivity index (χ3v) is 2.65. The third-order valence-electron chi connectivity index (χ3n) is 2.65. The van der Waals surface area contributed by atoms with E-state index in [1.54, 1.807) is 7.05 Å². The van der Waals surface area contributed by atoms with E-state index in [0.29, 0.717) is 12.1 Å². The Morgan fingerprint density at radius 2 is 2.00 bits per heavy atom. The van der Waals surface area contributed by atoms with E-state index < -0.39 is 11.6 Å². The number of likely N-dealkylation sites (N-methyl/N-ethyl adjacent to an activating group) is 1. The van der Waals surface area contributed by atoms with Gasteiger partial charge < -0.3 is 10.1 Å². The summed E-state index contributed by atoms with van der Waals surface area (Å²) in [5.41, 5.74) is 0.398. The van der Waals surface area contributed by atoms with Crippen molar-refractivity contribution >= 4 is 0 Å². The number of hydrogen-bond donors (Lipinski definition) is 1. The van der Waals surface area contributed by atoms with Crippen LogP contribution in [0, 0.1) is 11.6 Å². The molecule has 0 fully saturated rings. The van der Waals surface area contributed by atoms with E-state index in [9.17, 15) is 8.78 Å². The highest BCUT2D eigenvalue weighted by Crippen LogP contribution is 2.27. The summed E-state index contributed by atoms with van der Waals surface area (Å²) >= 11 is 0. The Balaban J connectivity index is 3.08. The van der Waals surface area contributed by atoms with E-state index in [0.717, 1.165) is 12.5 Å². The zero-order valence-electron chi connectivity index (χ0n) is 9.81. The van der Waals surface area contributed by atoms with Crippen molar-refractivity contribution in [3.63, 3.8) is 0 Å². The van der Waals surface area contributed by atoms with Gasteiger partial charge in [-0.25, -0.2) is 8.78 Å². The van der Waals surface area contributed by atoms with E-state index in [4.69, 9.17) is 4.74 Å². The van der Waals surface area contributed by atoms with Crippen LogP contribution in [0.4, 0.5) is 8.78 Å². The molecule has 1 unspecified atom stereocenters. The molecule has 4 heteroatoms. The molecule has 0 aliphatic carbocycles. The molecule has 2 nitrogen and oxygen atoms in total. The van der Waals surface area contributed by atoms with Crippen LogP contribution in [0.25, 0.3) is 0 Å². The largest absolute Gasteiger partial charge is 0.494 e. The second kappa shape index (κ2) is 5.80. The van der Waals surface area contributed by atoms with Gasteiger partial charge in [-0.3, -0.25) is 0 Å². The number of halogens is 2. The quantitative estimate of drug-likeness (QED) is 0.838. The maximum absolute atomic E-state index is 13.7. The molecule has 1 aromatic rings. The topological polar surface area (TPSA) is 21.3 Å². The molecule has 0 radical (unpaired) electrons. The molecule has 0 aliphatic rings. The summed E-state index contributed by atoms with van der Waals surface area (Å²) in [5.74, 6) is -1.01. The minimum Gasteiger partial charge on any atom is -0.494 e. The third kappa shape index (κ3) is 2.70. The summed E-state index contributed by atoms with van der Waals surface area (Å²) in [7, 11) is 3.11. The summed E-state index contributed by atoms with van der Waals surface area (Å²) in [6.07, 6.45) is 0.754. The van der Waals surface area contributed by atoms with Gasteiger partial charge in [-0.1, -0.05) is 6.92 Å². The van der Waals surface area contributed by atoms with Gasteiger partial charge in [0.15, 0.2) is 11.6 Å². The Morgan fingerprint density at radius 1 is 1.31 bits per heavy atom. The van der Waals surface area contributed by atoms with Crippen molar-refractivity contribution in [1.82, 2.24) is 5.32 Å². The van der Waals surface area contributed by atoms with Gasteiger partial charge in [0, 0.05) is 12.6 Å².